The standard InChI is InChI=1S/C15H8Cl2N4OS2/c1-2-5-21-13(22)9-4-3-8(16)6-11(9)19-15(21)23-14-10(7-18)12(17)20-24-14/h2-4,6H,1,5H2. The topological polar surface area (TPSA) is 71.6 Å². The summed E-state index contributed by atoms with van der Waals surface area (Å²) in [4.78, 5) is 17.2. The summed E-state index contributed by atoms with van der Waals surface area (Å²) in [5.41, 5.74) is 0.565. The minimum absolute atomic E-state index is 0.145. The third-order valence-corrected chi connectivity index (χ3v) is 5.72. The molecule has 0 atom stereocenters. The van der Waals surface area contributed by atoms with Crippen LogP contribution >= 0.6 is 46.5 Å². The fourth-order valence-corrected chi connectivity index (χ4v) is 4.36. The molecule has 0 spiro atoms. The van der Waals surface area contributed by atoms with E-state index >= 15 is 0 Å². The van der Waals surface area contributed by atoms with Gasteiger partial charge in [0.1, 0.15) is 15.8 Å². The molecule has 3 aromatic rings. The second-order valence-corrected chi connectivity index (χ2v) is 7.41. The Morgan fingerprint density at radius 2 is 2.25 bits per heavy atom. The summed E-state index contributed by atoms with van der Waals surface area (Å²) in [5.74, 6) is 0. The molecule has 2 aromatic heterocycles. The van der Waals surface area contributed by atoms with Gasteiger partial charge in [0.2, 0.25) is 0 Å². The van der Waals surface area contributed by atoms with Crippen molar-refractivity contribution in [3.63, 3.8) is 0 Å². The van der Waals surface area contributed by atoms with Crippen molar-refractivity contribution >= 4 is 57.4 Å². The van der Waals surface area contributed by atoms with Gasteiger partial charge in [-0.05, 0) is 41.5 Å². The van der Waals surface area contributed by atoms with Crippen molar-refractivity contribution in [2.45, 2.75) is 15.9 Å². The molecule has 0 aliphatic heterocycles. The summed E-state index contributed by atoms with van der Waals surface area (Å²) >= 11 is 14.2. The van der Waals surface area contributed by atoms with Crippen LogP contribution in [0.25, 0.3) is 10.9 Å². The summed E-state index contributed by atoms with van der Waals surface area (Å²) in [6, 6.07) is 6.94. The maximum atomic E-state index is 12.7. The third-order valence-electron chi connectivity index (χ3n) is 3.11. The Hall–Kier alpha value is -1.85. The molecule has 3 rings (SSSR count). The molecule has 120 valence electrons. The molecule has 0 amide bonds. The Morgan fingerprint density at radius 1 is 1.46 bits per heavy atom. The van der Waals surface area contributed by atoms with Crippen LogP contribution in [-0.4, -0.2) is 13.9 Å². The first-order chi connectivity index (χ1) is 11.5. The predicted octanol–water partition coefficient (Wildman–Crippen LogP) is 4.37. The molecule has 0 radical (unpaired) electrons. The molecule has 9 heteroatoms. The smallest absolute Gasteiger partial charge is 0.262 e. The molecule has 0 aliphatic rings. The molecule has 24 heavy (non-hydrogen) atoms. The van der Waals surface area contributed by atoms with E-state index in [1.165, 1.54) is 16.3 Å². The van der Waals surface area contributed by atoms with Crippen LogP contribution in [0.3, 0.4) is 0 Å². The number of nitriles is 1. The van der Waals surface area contributed by atoms with Crippen LogP contribution in [0.1, 0.15) is 5.56 Å². The quantitative estimate of drug-likeness (QED) is 0.485. The number of nitrogens with zero attached hydrogens (tertiary/aromatic N) is 4. The number of hydrogen-bond donors (Lipinski definition) is 0. The molecular weight excluding hydrogens is 387 g/mol. The van der Waals surface area contributed by atoms with Crippen molar-refractivity contribution in [2.75, 3.05) is 0 Å². The maximum absolute atomic E-state index is 12.7. The summed E-state index contributed by atoms with van der Waals surface area (Å²) in [5, 5.41) is 10.7. The van der Waals surface area contributed by atoms with E-state index in [0.717, 1.165) is 11.5 Å². The van der Waals surface area contributed by atoms with Crippen molar-refractivity contribution in [1.82, 2.24) is 13.9 Å². The molecule has 0 unspecified atom stereocenters. The van der Waals surface area contributed by atoms with Gasteiger partial charge in [0.05, 0.1) is 10.9 Å². The first kappa shape index (κ1) is 17.0. The van der Waals surface area contributed by atoms with E-state index in [4.69, 9.17) is 23.2 Å². The fourth-order valence-electron chi connectivity index (χ4n) is 2.04. The van der Waals surface area contributed by atoms with Crippen LogP contribution < -0.4 is 5.56 Å². The van der Waals surface area contributed by atoms with Gasteiger partial charge < -0.3 is 0 Å². The van der Waals surface area contributed by atoms with Gasteiger partial charge >= 0.3 is 0 Å². The number of fused-ring (bicyclic) bond motifs is 1. The lowest BCUT2D eigenvalue weighted by Gasteiger charge is -2.10. The Kier molecular flexibility index (Phi) is 4.92. The zero-order valence-corrected chi connectivity index (χ0v) is 15.1. The first-order valence-electron chi connectivity index (χ1n) is 6.59. The van der Waals surface area contributed by atoms with Crippen LogP contribution in [0.5, 0.6) is 0 Å². The van der Waals surface area contributed by atoms with E-state index in [9.17, 15) is 10.1 Å². The van der Waals surface area contributed by atoms with Gasteiger partial charge in [-0.3, -0.25) is 9.36 Å². The van der Waals surface area contributed by atoms with E-state index in [0.29, 0.717) is 31.8 Å². The van der Waals surface area contributed by atoms with E-state index in [1.807, 2.05) is 6.07 Å². The predicted molar refractivity (Wildman–Crippen MR) is 97.2 cm³/mol. The number of rotatable bonds is 4. The molecule has 2 heterocycles. The van der Waals surface area contributed by atoms with Crippen LogP contribution in [0.2, 0.25) is 10.2 Å². The van der Waals surface area contributed by atoms with Gasteiger partial charge in [0, 0.05) is 11.6 Å². The SMILES string of the molecule is C=CCn1c(Sc2snc(Cl)c2C#N)nc2cc(Cl)ccc2c1=O. The fraction of sp³-hybridized carbons (Fsp3) is 0.0667. The van der Waals surface area contributed by atoms with Crippen molar-refractivity contribution in [3.05, 3.63) is 56.9 Å². The monoisotopic (exact) mass is 394 g/mol. The van der Waals surface area contributed by atoms with Crippen molar-refractivity contribution in [3.8, 4) is 6.07 Å². The van der Waals surface area contributed by atoms with E-state index in [1.54, 1.807) is 24.3 Å². The molecule has 0 aliphatic carbocycles. The molecule has 1 aromatic carbocycles. The van der Waals surface area contributed by atoms with E-state index in [-0.39, 0.29) is 16.3 Å². The Morgan fingerprint density at radius 3 is 2.96 bits per heavy atom. The molecule has 0 fully saturated rings. The van der Waals surface area contributed by atoms with Crippen LogP contribution in [0, 0.1) is 11.3 Å². The lowest BCUT2D eigenvalue weighted by Crippen LogP contribution is -2.22. The minimum Gasteiger partial charge on any atom is -0.283 e. The average Bonchev–Trinajstić information content (AvgIpc) is 2.90. The molecule has 0 N–H and O–H groups in total. The van der Waals surface area contributed by atoms with Gasteiger partial charge in [0.25, 0.3) is 5.56 Å². The van der Waals surface area contributed by atoms with Crippen molar-refractivity contribution in [2.24, 2.45) is 0 Å². The second-order valence-electron chi connectivity index (χ2n) is 4.61. The van der Waals surface area contributed by atoms with Gasteiger partial charge in [-0.2, -0.15) is 9.64 Å². The zero-order chi connectivity index (χ0) is 17.3. The molecule has 0 saturated carbocycles. The van der Waals surface area contributed by atoms with Gasteiger partial charge in [-0.25, -0.2) is 4.98 Å². The summed E-state index contributed by atoms with van der Waals surface area (Å²) in [6.45, 7) is 3.97. The zero-order valence-electron chi connectivity index (χ0n) is 12.0. The average molecular weight is 395 g/mol. The van der Waals surface area contributed by atoms with Crippen LogP contribution in [-0.2, 0) is 6.54 Å². The highest BCUT2D eigenvalue weighted by molar-refractivity contribution is 8.01. The van der Waals surface area contributed by atoms with Gasteiger partial charge in [-0.1, -0.05) is 29.3 Å². The lowest BCUT2D eigenvalue weighted by atomic mass is 10.2. The molecule has 0 bridgehead atoms. The minimum atomic E-state index is -0.201. The highest BCUT2D eigenvalue weighted by Crippen LogP contribution is 2.36. The molecule has 0 saturated heterocycles. The Bertz CT molecular complexity index is 1050. The highest BCUT2D eigenvalue weighted by atomic mass is 35.5. The Balaban J connectivity index is 2.21. The highest BCUT2D eigenvalue weighted by Gasteiger charge is 2.18. The normalized spacial score (nSPS) is 10.7. The lowest BCUT2D eigenvalue weighted by molar-refractivity contribution is 0.672. The molecular formula is C15H8Cl2N4OS2. The third kappa shape index (κ3) is 3.06. The maximum Gasteiger partial charge on any atom is 0.262 e. The molecule has 5 nitrogen and oxygen atoms in total. The van der Waals surface area contributed by atoms with Crippen LogP contribution in [0.4, 0.5) is 0 Å². The summed E-state index contributed by atoms with van der Waals surface area (Å²) in [6.07, 6.45) is 1.61. The largest absolute Gasteiger partial charge is 0.283 e. The van der Waals surface area contributed by atoms with Crippen molar-refractivity contribution in [1.29, 1.82) is 5.26 Å². The van der Waals surface area contributed by atoms with E-state index in [2.05, 4.69) is 15.9 Å². The Labute approximate surface area is 155 Å². The number of halogens is 2. The summed E-state index contributed by atoms with van der Waals surface area (Å²) in [7, 11) is 0. The van der Waals surface area contributed by atoms with E-state index < -0.39 is 0 Å². The number of allylic oxidation sites excluding steroid dienone is 1. The first-order valence-corrected chi connectivity index (χ1v) is 8.94. The van der Waals surface area contributed by atoms with Gasteiger partial charge in [0.15, 0.2) is 10.3 Å². The van der Waals surface area contributed by atoms with Gasteiger partial charge in [-0.15, -0.1) is 6.58 Å². The number of aromatic nitrogens is 3. The van der Waals surface area contributed by atoms with Crippen LogP contribution in [0.15, 0.2) is 45.0 Å². The number of hydrogen-bond acceptors (Lipinski definition) is 6. The summed E-state index contributed by atoms with van der Waals surface area (Å²) < 4.78 is 6.03. The van der Waals surface area contributed by atoms with Crippen molar-refractivity contribution < 1.29 is 0 Å². The number of benzene rings is 1. The second kappa shape index (κ2) is 6.95.